The summed E-state index contributed by atoms with van der Waals surface area (Å²) in [7, 11) is 2.07. The van der Waals surface area contributed by atoms with Gasteiger partial charge in [-0.1, -0.05) is 6.42 Å². The van der Waals surface area contributed by atoms with Crippen LogP contribution in [0.1, 0.15) is 58.3 Å². The molecule has 26 heavy (non-hydrogen) atoms. The van der Waals surface area contributed by atoms with Gasteiger partial charge in [0.15, 0.2) is 0 Å². The van der Waals surface area contributed by atoms with E-state index in [0.717, 1.165) is 45.2 Å². The van der Waals surface area contributed by atoms with Gasteiger partial charge in [0, 0.05) is 24.7 Å². The quantitative estimate of drug-likeness (QED) is 0.799. The second-order valence-electron chi connectivity index (χ2n) is 9.03. The summed E-state index contributed by atoms with van der Waals surface area (Å²) in [6.07, 6.45) is 8.86. The van der Waals surface area contributed by atoms with E-state index in [2.05, 4.69) is 29.1 Å². The Hall–Kier alpha value is -1.14. The summed E-state index contributed by atoms with van der Waals surface area (Å²) >= 11 is 0. The Morgan fingerprint density at radius 1 is 1.15 bits per heavy atom. The number of hydrogen-bond acceptors (Lipinski definition) is 4. The van der Waals surface area contributed by atoms with E-state index >= 15 is 0 Å². The number of fused-ring (bicyclic) bond motifs is 1. The smallest absolute Gasteiger partial charge is 0.240 e. The lowest BCUT2D eigenvalue weighted by Gasteiger charge is -2.35. The van der Waals surface area contributed by atoms with Crippen LogP contribution in [0.4, 0.5) is 0 Å². The molecule has 0 aromatic carbocycles. The third-order valence-corrected chi connectivity index (χ3v) is 7.38. The molecule has 1 N–H and O–H groups in total. The van der Waals surface area contributed by atoms with Crippen molar-refractivity contribution in [3.63, 3.8) is 0 Å². The van der Waals surface area contributed by atoms with Crippen LogP contribution in [-0.2, 0) is 9.59 Å². The predicted molar refractivity (Wildman–Crippen MR) is 101 cm³/mol. The lowest BCUT2D eigenvalue weighted by Crippen LogP contribution is -2.55. The zero-order valence-electron chi connectivity index (χ0n) is 16.4. The summed E-state index contributed by atoms with van der Waals surface area (Å²) in [5.74, 6) is 0.427. The minimum absolute atomic E-state index is 0.105. The number of rotatable bonds is 5. The van der Waals surface area contributed by atoms with Crippen LogP contribution in [-0.4, -0.2) is 83.4 Å². The maximum atomic E-state index is 13.0. The van der Waals surface area contributed by atoms with Crippen LogP contribution in [0.2, 0.25) is 0 Å². The third kappa shape index (κ3) is 3.15. The van der Waals surface area contributed by atoms with Crippen molar-refractivity contribution < 1.29 is 9.59 Å². The average Bonchev–Trinajstić information content (AvgIpc) is 3.18. The minimum Gasteiger partial charge on any atom is -0.350 e. The minimum atomic E-state index is -0.245. The number of carbonyl (C=O) groups excluding carboxylic acids is 2. The lowest BCUT2D eigenvalue weighted by molar-refractivity contribution is -0.134. The van der Waals surface area contributed by atoms with E-state index in [1.165, 1.54) is 19.3 Å². The molecule has 2 amide bonds. The van der Waals surface area contributed by atoms with Gasteiger partial charge in [-0.2, -0.15) is 0 Å². The topological polar surface area (TPSA) is 55.9 Å². The van der Waals surface area contributed by atoms with Gasteiger partial charge in [0.25, 0.3) is 0 Å². The predicted octanol–water partition coefficient (Wildman–Crippen LogP) is 1.20. The summed E-state index contributed by atoms with van der Waals surface area (Å²) in [6.45, 7) is 5.41. The maximum absolute atomic E-state index is 13.0. The molecule has 3 heterocycles. The van der Waals surface area contributed by atoms with E-state index < -0.39 is 0 Å². The normalized spacial score (nSPS) is 31.3. The number of carbonyl (C=O) groups is 2. The van der Waals surface area contributed by atoms with Crippen LogP contribution in [0.5, 0.6) is 0 Å². The number of amides is 2. The Morgan fingerprint density at radius 3 is 2.46 bits per heavy atom. The molecule has 6 heteroatoms. The van der Waals surface area contributed by atoms with Crippen LogP contribution in [0.25, 0.3) is 0 Å². The first-order chi connectivity index (χ1) is 12.5. The van der Waals surface area contributed by atoms with Crippen LogP contribution in [0.3, 0.4) is 0 Å². The van der Waals surface area contributed by atoms with Crippen molar-refractivity contribution in [1.29, 1.82) is 0 Å². The first kappa shape index (κ1) is 18.2. The molecule has 4 fully saturated rings. The molecule has 4 rings (SSSR count). The van der Waals surface area contributed by atoms with Crippen molar-refractivity contribution in [3.05, 3.63) is 0 Å². The van der Waals surface area contributed by atoms with Gasteiger partial charge in [-0.25, -0.2) is 0 Å². The van der Waals surface area contributed by atoms with Gasteiger partial charge in [-0.15, -0.1) is 0 Å². The van der Waals surface area contributed by atoms with E-state index in [1.54, 1.807) is 0 Å². The van der Waals surface area contributed by atoms with Crippen LogP contribution >= 0.6 is 0 Å². The van der Waals surface area contributed by atoms with Gasteiger partial charge >= 0.3 is 0 Å². The molecule has 1 saturated carbocycles. The molecule has 2 unspecified atom stereocenters. The molecular weight excluding hydrogens is 328 g/mol. The second kappa shape index (κ2) is 7.12. The van der Waals surface area contributed by atoms with Gasteiger partial charge < -0.3 is 10.2 Å². The standard InChI is InChI=1S/C20H34N4O2/c1-15-12-16(13-24(15)18(25)14-22(2)17-6-3-7-17)21-19(26)20-8-4-10-23(20)11-5-9-20/h15-17H,3-14H2,1-2H3,(H,21,26). The fourth-order valence-corrected chi connectivity index (χ4v) is 5.54. The van der Waals surface area contributed by atoms with Crippen molar-refractivity contribution in [3.8, 4) is 0 Å². The number of likely N-dealkylation sites (tertiary alicyclic amines) is 1. The Balaban J connectivity index is 1.32. The number of nitrogens with zero attached hydrogens (tertiary/aromatic N) is 3. The van der Waals surface area contributed by atoms with Crippen molar-refractivity contribution in [2.75, 3.05) is 33.2 Å². The summed E-state index contributed by atoms with van der Waals surface area (Å²) in [5.41, 5.74) is -0.245. The van der Waals surface area contributed by atoms with E-state index in [-0.39, 0.29) is 29.4 Å². The van der Waals surface area contributed by atoms with E-state index in [9.17, 15) is 9.59 Å². The Bertz CT molecular complexity index is 552. The van der Waals surface area contributed by atoms with Gasteiger partial charge in [-0.05, 0) is 72.0 Å². The fraction of sp³-hybridized carbons (Fsp3) is 0.900. The van der Waals surface area contributed by atoms with E-state index in [4.69, 9.17) is 0 Å². The molecule has 146 valence electrons. The summed E-state index contributed by atoms with van der Waals surface area (Å²) in [4.78, 5) is 32.4. The number of nitrogens with one attached hydrogen (secondary N) is 1. The Morgan fingerprint density at radius 2 is 1.85 bits per heavy atom. The van der Waals surface area contributed by atoms with Crippen LogP contribution in [0, 0.1) is 0 Å². The second-order valence-corrected chi connectivity index (χ2v) is 9.03. The van der Waals surface area contributed by atoms with Gasteiger partial charge in [-0.3, -0.25) is 19.4 Å². The highest BCUT2D eigenvalue weighted by Gasteiger charge is 2.50. The molecule has 0 bridgehead atoms. The molecule has 0 aromatic heterocycles. The molecular formula is C20H34N4O2. The monoisotopic (exact) mass is 362 g/mol. The van der Waals surface area contributed by atoms with Gasteiger partial charge in [0.1, 0.15) is 5.54 Å². The molecule has 0 spiro atoms. The van der Waals surface area contributed by atoms with E-state index in [0.29, 0.717) is 19.1 Å². The summed E-state index contributed by atoms with van der Waals surface area (Å²) in [5, 5.41) is 3.31. The van der Waals surface area contributed by atoms with Gasteiger partial charge in [0.2, 0.25) is 11.8 Å². The fourth-order valence-electron chi connectivity index (χ4n) is 5.54. The van der Waals surface area contributed by atoms with Crippen molar-refractivity contribution in [1.82, 2.24) is 20.0 Å². The zero-order valence-corrected chi connectivity index (χ0v) is 16.4. The highest BCUT2D eigenvalue weighted by Crippen LogP contribution is 2.39. The third-order valence-electron chi connectivity index (χ3n) is 7.38. The molecule has 3 aliphatic heterocycles. The first-order valence-electron chi connectivity index (χ1n) is 10.6. The van der Waals surface area contributed by atoms with Crippen LogP contribution in [0.15, 0.2) is 0 Å². The van der Waals surface area contributed by atoms with E-state index in [1.807, 2.05) is 4.90 Å². The Kier molecular flexibility index (Phi) is 4.99. The van der Waals surface area contributed by atoms with Crippen molar-refractivity contribution in [2.24, 2.45) is 0 Å². The summed E-state index contributed by atoms with van der Waals surface area (Å²) in [6, 6.07) is 0.901. The molecule has 3 saturated heterocycles. The maximum Gasteiger partial charge on any atom is 0.240 e. The first-order valence-corrected chi connectivity index (χ1v) is 10.6. The molecule has 1 aliphatic carbocycles. The average molecular weight is 363 g/mol. The van der Waals surface area contributed by atoms with Crippen LogP contribution < -0.4 is 5.32 Å². The SMILES string of the molecule is CC1CC(NC(=O)C23CCCN2CCC3)CN1C(=O)CN(C)C1CCC1. The largest absolute Gasteiger partial charge is 0.350 e. The highest BCUT2D eigenvalue weighted by molar-refractivity contribution is 5.87. The number of hydrogen-bond donors (Lipinski definition) is 1. The lowest BCUT2D eigenvalue weighted by atomic mass is 9.92. The van der Waals surface area contributed by atoms with Crippen molar-refractivity contribution >= 4 is 11.8 Å². The highest BCUT2D eigenvalue weighted by atomic mass is 16.2. The van der Waals surface area contributed by atoms with Gasteiger partial charge in [0.05, 0.1) is 6.54 Å². The molecule has 6 nitrogen and oxygen atoms in total. The zero-order chi connectivity index (χ0) is 18.3. The summed E-state index contributed by atoms with van der Waals surface area (Å²) < 4.78 is 0. The molecule has 0 radical (unpaired) electrons. The Labute approximate surface area is 157 Å². The van der Waals surface area contributed by atoms with Crippen molar-refractivity contribution in [2.45, 2.75) is 82.0 Å². The molecule has 2 atom stereocenters. The molecule has 4 aliphatic rings. The molecule has 0 aromatic rings. The number of likely N-dealkylation sites (N-methyl/N-ethyl adjacent to an activating group) is 1.